The fourth-order valence-corrected chi connectivity index (χ4v) is 1.30. The van der Waals surface area contributed by atoms with Crippen molar-refractivity contribution in [3.63, 3.8) is 0 Å². The van der Waals surface area contributed by atoms with Crippen molar-refractivity contribution >= 4 is 17.9 Å². The molecule has 17 heavy (non-hydrogen) atoms. The van der Waals surface area contributed by atoms with E-state index in [0.29, 0.717) is 0 Å². The van der Waals surface area contributed by atoms with Gasteiger partial charge in [0.05, 0.1) is 0 Å². The fraction of sp³-hybridized carbons (Fsp3) is 0.727. The van der Waals surface area contributed by atoms with Gasteiger partial charge in [0.15, 0.2) is 0 Å². The number of carboxylic acid groups (broad SMARTS) is 1. The molecule has 0 aromatic rings. The summed E-state index contributed by atoms with van der Waals surface area (Å²) < 4.78 is 0. The Labute approximate surface area is 101 Å². The Kier molecular flexibility index (Phi) is 7.75. The molecule has 0 heterocycles. The topological polar surface area (TPSA) is 95.5 Å². The SMILES string of the molecule is CCC(CC)NC(=O)NC(=O)CCCC(=O)O. The minimum Gasteiger partial charge on any atom is -0.481 e. The normalized spacial score (nSPS) is 10.1. The van der Waals surface area contributed by atoms with Gasteiger partial charge in [0.2, 0.25) is 5.91 Å². The molecule has 0 radical (unpaired) electrons. The summed E-state index contributed by atoms with van der Waals surface area (Å²) in [5.74, 6) is -1.39. The van der Waals surface area contributed by atoms with Gasteiger partial charge >= 0.3 is 12.0 Å². The predicted octanol–water partition coefficient (Wildman–Crippen LogP) is 1.26. The van der Waals surface area contributed by atoms with E-state index in [9.17, 15) is 14.4 Å². The molecule has 6 nitrogen and oxygen atoms in total. The van der Waals surface area contributed by atoms with Crippen LogP contribution in [-0.2, 0) is 9.59 Å². The molecule has 0 spiro atoms. The first-order valence-corrected chi connectivity index (χ1v) is 5.81. The molecule has 0 fully saturated rings. The molecule has 3 N–H and O–H groups in total. The maximum atomic E-state index is 11.3. The van der Waals surface area contributed by atoms with Gasteiger partial charge in [-0.25, -0.2) is 4.79 Å². The Bertz CT molecular complexity index is 275. The van der Waals surface area contributed by atoms with E-state index in [-0.39, 0.29) is 25.3 Å². The maximum absolute atomic E-state index is 11.3. The third-order valence-corrected chi connectivity index (χ3v) is 2.37. The Morgan fingerprint density at radius 2 is 1.71 bits per heavy atom. The lowest BCUT2D eigenvalue weighted by Crippen LogP contribution is -2.44. The summed E-state index contributed by atoms with van der Waals surface area (Å²) >= 11 is 0. The van der Waals surface area contributed by atoms with Gasteiger partial charge in [-0.2, -0.15) is 0 Å². The fourth-order valence-electron chi connectivity index (χ4n) is 1.30. The maximum Gasteiger partial charge on any atom is 0.321 e. The molecule has 0 aliphatic heterocycles. The molecule has 98 valence electrons. The van der Waals surface area contributed by atoms with Crippen LogP contribution in [0.4, 0.5) is 4.79 Å². The lowest BCUT2D eigenvalue weighted by Gasteiger charge is -2.14. The van der Waals surface area contributed by atoms with E-state index in [1.54, 1.807) is 0 Å². The van der Waals surface area contributed by atoms with Crippen molar-refractivity contribution in [1.29, 1.82) is 0 Å². The zero-order chi connectivity index (χ0) is 13.3. The zero-order valence-corrected chi connectivity index (χ0v) is 10.3. The summed E-state index contributed by atoms with van der Waals surface area (Å²) in [5, 5.41) is 13.2. The molecule has 6 heteroatoms. The lowest BCUT2D eigenvalue weighted by atomic mass is 10.2. The van der Waals surface area contributed by atoms with Crippen molar-refractivity contribution < 1.29 is 19.5 Å². The van der Waals surface area contributed by atoms with Gasteiger partial charge < -0.3 is 10.4 Å². The minimum atomic E-state index is -0.945. The number of imide groups is 1. The molecule has 0 saturated heterocycles. The highest BCUT2D eigenvalue weighted by atomic mass is 16.4. The second-order valence-corrected chi connectivity index (χ2v) is 3.78. The number of hydrogen-bond acceptors (Lipinski definition) is 3. The molecule has 0 aliphatic rings. The number of rotatable bonds is 7. The summed E-state index contributed by atoms with van der Waals surface area (Å²) in [4.78, 5) is 32.8. The number of aliphatic carboxylic acids is 1. The van der Waals surface area contributed by atoms with Gasteiger partial charge in [-0.15, -0.1) is 0 Å². The molecule has 0 rings (SSSR count). The molecular formula is C11H20N2O4. The van der Waals surface area contributed by atoms with E-state index in [2.05, 4.69) is 10.6 Å². The van der Waals surface area contributed by atoms with Gasteiger partial charge in [-0.05, 0) is 19.3 Å². The molecule has 0 atom stereocenters. The van der Waals surface area contributed by atoms with Crippen molar-refractivity contribution in [3.8, 4) is 0 Å². The first kappa shape index (κ1) is 15.4. The highest BCUT2D eigenvalue weighted by Gasteiger charge is 2.11. The van der Waals surface area contributed by atoms with Crippen LogP contribution in [0.1, 0.15) is 46.0 Å². The molecule has 0 saturated carbocycles. The van der Waals surface area contributed by atoms with Crippen LogP contribution in [-0.4, -0.2) is 29.1 Å². The molecular weight excluding hydrogens is 224 g/mol. The van der Waals surface area contributed by atoms with Crippen molar-refractivity contribution in [2.45, 2.75) is 52.0 Å². The summed E-state index contributed by atoms with van der Waals surface area (Å²) in [6, 6.07) is -0.458. The smallest absolute Gasteiger partial charge is 0.321 e. The van der Waals surface area contributed by atoms with Crippen LogP contribution in [0.5, 0.6) is 0 Å². The van der Waals surface area contributed by atoms with E-state index < -0.39 is 17.9 Å². The zero-order valence-electron chi connectivity index (χ0n) is 10.3. The monoisotopic (exact) mass is 244 g/mol. The van der Waals surface area contributed by atoms with Crippen molar-refractivity contribution in [2.24, 2.45) is 0 Å². The van der Waals surface area contributed by atoms with Crippen LogP contribution in [0.25, 0.3) is 0 Å². The first-order valence-electron chi connectivity index (χ1n) is 5.81. The highest BCUT2D eigenvalue weighted by Crippen LogP contribution is 1.97. The van der Waals surface area contributed by atoms with Crippen LogP contribution in [0.3, 0.4) is 0 Å². The second kappa shape index (κ2) is 8.55. The number of carbonyl (C=O) groups excluding carboxylic acids is 2. The van der Waals surface area contributed by atoms with E-state index in [4.69, 9.17) is 5.11 Å². The lowest BCUT2D eigenvalue weighted by molar-refractivity contribution is -0.137. The van der Waals surface area contributed by atoms with Crippen LogP contribution in [0.15, 0.2) is 0 Å². The van der Waals surface area contributed by atoms with E-state index in [0.717, 1.165) is 12.8 Å². The van der Waals surface area contributed by atoms with Crippen LogP contribution in [0, 0.1) is 0 Å². The van der Waals surface area contributed by atoms with Gasteiger partial charge in [-0.1, -0.05) is 13.8 Å². The number of nitrogens with one attached hydrogen (secondary N) is 2. The van der Waals surface area contributed by atoms with Crippen molar-refractivity contribution in [3.05, 3.63) is 0 Å². The number of amides is 3. The van der Waals surface area contributed by atoms with Gasteiger partial charge in [0, 0.05) is 18.9 Å². The number of carboxylic acids is 1. The predicted molar refractivity (Wildman–Crippen MR) is 62.5 cm³/mol. The average Bonchev–Trinajstić information content (AvgIpc) is 2.25. The highest BCUT2D eigenvalue weighted by molar-refractivity contribution is 5.94. The Morgan fingerprint density at radius 3 is 2.18 bits per heavy atom. The molecule has 0 aromatic carbocycles. The number of urea groups is 1. The van der Waals surface area contributed by atoms with Crippen molar-refractivity contribution in [2.75, 3.05) is 0 Å². The largest absolute Gasteiger partial charge is 0.481 e. The third-order valence-electron chi connectivity index (χ3n) is 2.37. The number of carbonyl (C=O) groups is 3. The third kappa shape index (κ3) is 8.24. The van der Waals surface area contributed by atoms with Crippen LogP contribution >= 0.6 is 0 Å². The molecule has 0 unspecified atom stereocenters. The molecule has 3 amide bonds. The molecule has 0 bridgehead atoms. The van der Waals surface area contributed by atoms with E-state index in [1.165, 1.54) is 0 Å². The van der Waals surface area contributed by atoms with E-state index >= 15 is 0 Å². The van der Waals surface area contributed by atoms with E-state index in [1.807, 2.05) is 13.8 Å². The quantitative estimate of drug-likeness (QED) is 0.628. The average molecular weight is 244 g/mol. The summed E-state index contributed by atoms with van der Waals surface area (Å²) in [7, 11) is 0. The van der Waals surface area contributed by atoms with Crippen LogP contribution < -0.4 is 10.6 Å². The Balaban J connectivity index is 3.80. The van der Waals surface area contributed by atoms with Gasteiger partial charge in [0.1, 0.15) is 0 Å². The van der Waals surface area contributed by atoms with Gasteiger partial charge in [0.25, 0.3) is 0 Å². The second-order valence-electron chi connectivity index (χ2n) is 3.78. The van der Waals surface area contributed by atoms with Crippen LogP contribution in [0.2, 0.25) is 0 Å². The molecule has 0 aromatic heterocycles. The Hall–Kier alpha value is -1.59. The summed E-state index contributed by atoms with van der Waals surface area (Å²) in [5.41, 5.74) is 0. The summed E-state index contributed by atoms with van der Waals surface area (Å²) in [6.45, 7) is 3.90. The number of hydrogen-bond donors (Lipinski definition) is 3. The Morgan fingerprint density at radius 1 is 1.12 bits per heavy atom. The standard InChI is InChI=1S/C11H20N2O4/c1-3-8(4-2)12-11(17)13-9(14)6-5-7-10(15)16/h8H,3-7H2,1-2H3,(H,15,16)(H2,12,13,14,17). The molecule has 0 aliphatic carbocycles. The summed E-state index contributed by atoms with van der Waals surface area (Å²) in [6.07, 6.45) is 1.82. The van der Waals surface area contributed by atoms with Gasteiger partial charge in [-0.3, -0.25) is 14.9 Å². The van der Waals surface area contributed by atoms with Crippen molar-refractivity contribution in [1.82, 2.24) is 10.6 Å². The first-order chi connectivity index (χ1) is 7.99. The minimum absolute atomic E-state index is 0.0443.